The maximum absolute atomic E-state index is 11.2. The molecule has 0 aliphatic heterocycles. The van der Waals surface area contributed by atoms with Crippen molar-refractivity contribution >= 4 is 156 Å². The zero-order valence-corrected chi connectivity index (χ0v) is 59.7. The van der Waals surface area contributed by atoms with Gasteiger partial charge in [0.05, 0.1) is 78.8 Å². The van der Waals surface area contributed by atoms with Crippen LogP contribution >= 0.6 is 31.9 Å². The summed E-state index contributed by atoms with van der Waals surface area (Å²) in [6, 6.07) is 27.2. The quantitative estimate of drug-likeness (QED) is 0.00514. The first-order valence-corrected chi connectivity index (χ1v) is 31.1. The number of carboxylic acids is 1. The van der Waals surface area contributed by atoms with E-state index in [9.17, 15) is 88.7 Å². The number of hydrogen-bond acceptors (Lipinski definition) is 25. The zero-order valence-electron chi connectivity index (χ0n) is 56.6. The largest absolute Gasteiger partial charge is 1.00 e. The van der Waals surface area contributed by atoms with Crippen LogP contribution in [0.1, 0.15) is 130 Å². The molecule has 0 amide bonds. The number of rotatable bonds is 25. The minimum absolute atomic E-state index is 0. The van der Waals surface area contributed by atoms with E-state index in [-0.39, 0.29) is 83.5 Å². The van der Waals surface area contributed by atoms with Gasteiger partial charge in [0, 0.05) is 76.6 Å². The Labute approximate surface area is 613 Å². The van der Waals surface area contributed by atoms with Gasteiger partial charge in [0.25, 0.3) is 22.7 Å². The number of nitrogen functional groups attached to an aromatic ring is 2. The van der Waals surface area contributed by atoms with Crippen molar-refractivity contribution in [2.45, 2.75) is 55.4 Å². The van der Waals surface area contributed by atoms with Gasteiger partial charge in [-0.05, 0) is 194 Å². The molecular formula is C70H69Br2LiN6O23. The summed E-state index contributed by atoms with van der Waals surface area (Å²) in [4.78, 5) is 139. The van der Waals surface area contributed by atoms with Crippen LogP contribution in [0, 0.1) is 40.5 Å². The second-order valence-corrected chi connectivity index (χ2v) is 21.0. The van der Waals surface area contributed by atoms with Crippen LogP contribution in [-0.4, -0.2) is 106 Å². The number of benzene rings is 6. The number of halogens is 2. The molecule has 102 heavy (non-hydrogen) atoms. The molecule has 6 aromatic carbocycles. The van der Waals surface area contributed by atoms with Crippen molar-refractivity contribution in [3.05, 3.63) is 251 Å². The number of Topliss-reactive ketones (excluding diaryl/α,β-unsaturated/α-hetero) is 3. The van der Waals surface area contributed by atoms with Gasteiger partial charge < -0.3 is 45.1 Å². The first kappa shape index (κ1) is 90.3. The minimum Gasteiger partial charge on any atom is -0.545 e. The standard InChI is InChI=1S/C15H17NO5.C13H13NO5.C13H15NO3.C11H10BrNO4.C11H11NO3.C7H4BrNO3.Li/c1-4-20-11(3)13-8-6-12(10-14(13)16(18)19)7-9-15(17)21-5-2;1-3-19-13(16)7-5-10-4-6-11(9(2)15)12(8-10)14(17)18;1-3-17-13(16)7-5-10-4-6-11(9(2)15)12(14)8-10;1-2-17-11(14)6-4-8-3-5-9(12)10(7-8)13(15)16;1-7(13)9-4-2-8(6-10(9)12)3-5-11(14)15;8-6-2-1-5(4-10)3-7(6)9(11)12;/h6-10H,3-5H2,1-2H3;4-8H,3H2,1-2H3;4-8H,3,14H2,1-2H3;3-7H,2H2,1H3;2-6H,12H2,1H3,(H,14,15);1-4H;/q;;;;;;+1/p-1/b9-7+;2*7-5+;6-4+;5-3+;;. The summed E-state index contributed by atoms with van der Waals surface area (Å²) >= 11 is 6.08. The van der Waals surface area contributed by atoms with Crippen LogP contribution in [-0.2, 0) is 47.7 Å². The van der Waals surface area contributed by atoms with Crippen LogP contribution in [0.25, 0.3) is 36.1 Å². The maximum atomic E-state index is 11.2. The molecule has 0 fully saturated rings. The number of carboxylic acid groups (broad SMARTS) is 1. The van der Waals surface area contributed by atoms with Gasteiger partial charge >= 0.3 is 42.7 Å². The number of carbonyl (C=O) groups is 9. The molecule has 0 atom stereocenters. The Kier molecular flexibility index (Phi) is 42.6. The van der Waals surface area contributed by atoms with Gasteiger partial charge in [-0.3, -0.25) is 59.6 Å². The molecule has 6 rings (SSSR count). The molecule has 0 bridgehead atoms. The minimum atomic E-state index is -1.27. The Bertz CT molecular complexity index is 4210. The Hall–Kier alpha value is -11.7. The SMILES string of the molecule is C=C(OCC)c1ccc(/C=C/C(=O)OCC)cc1[N+](=O)[O-].CC(=O)c1ccc(/C=C/C(=O)[O-])cc1N.CCOC(=O)/C=C/c1ccc(Br)c([N+](=O)[O-])c1.CCOC(=O)/C=C/c1ccc(C(C)=O)c(N)c1.CCOC(=O)/C=C/c1ccc(C(C)=O)c([N+](=O)[O-])c1.O=Cc1ccc(Br)c([N+](=O)[O-])c1.[Li+]. The molecule has 29 nitrogen and oxygen atoms in total. The maximum Gasteiger partial charge on any atom is 1.00 e. The molecule has 0 heterocycles. The Morgan fingerprint density at radius 1 is 0.402 bits per heavy atom. The van der Waals surface area contributed by atoms with E-state index in [0.29, 0.717) is 90.9 Å². The molecule has 0 saturated carbocycles. The number of nitro benzene ring substituents is 4. The number of aliphatic carboxylic acids is 1. The number of nitrogens with two attached hydrogens (primary N) is 2. The average molecular weight is 1530 g/mol. The van der Waals surface area contributed by atoms with E-state index >= 15 is 0 Å². The molecule has 0 aromatic heterocycles. The zero-order chi connectivity index (χ0) is 76.5. The van der Waals surface area contributed by atoms with Crippen molar-refractivity contribution in [1.29, 1.82) is 0 Å². The molecule has 0 spiro atoms. The summed E-state index contributed by atoms with van der Waals surface area (Å²) in [6.07, 6.45) is 13.7. The third-order valence-corrected chi connectivity index (χ3v) is 13.4. The fraction of sp³-hybridized carbons (Fsp3) is 0.186. The fourth-order valence-corrected chi connectivity index (χ4v) is 8.29. The molecule has 32 heteroatoms. The summed E-state index contributed by atoms with van der Waals surface area (Å²) < 4.78 is 24.8. The van der Waals surface area contributed by atoms with Gasteiger partial charge in [-0.2, -0.15) is 0 Å². The fourth-order valence-electron chi connectivity index (χ4n) is 7.50. The van der Waals surface area contributed by atoms with Crippen molar-refractivity contribution in [3.63, 3.8) is 0 Å². The van der Waals surface area contributed by atoms with Crippen molar-refractivity contribution in [1.82, 2.24) is 0 Å². The molecule has 0 unspecified atom stereocenters. The monoisotopic (exact) mass is 1530 g/mol. The van der Waals surface area contributed by atoms with Crippen LogP contribution in [0.4, 0.5) is 34.1 Å². The van der Waals surface area contributed by atoms with Gasteiger partial charge in [-0.1, -0.05) is 49.1 Å². The van der Waals surface area contributed by atoms with Gasteiger partial charge in [-0.15, -0.1) is 0 Å². The van der Waals surface area contributed by atoms with Crippen molar-refractivity contribution in [2.75, 3.05) is 44.5 Å². The van der Waals surface area contributed by atoms with E-state index in [2.05, 4.69) is 43.2 Å². The van der Waals surface area contributed by atoms with E-state index in [1.54, 1.807) is 95.3 Å². The third kappa shape index (κ3) is 34.2. The Morgan fingerprint density at radius 2 is 0.657 bits per heavy atom. The number of ketones is 3. The summed E-state index contributed by atoms with van der Waals surface area (Å²) in [7, 11) is 0. The summed E-state index contributed by atoms with van der Waals surface area (Å²) in [5, 5.41) is 53.1. The Morgan fingerprint density at radius 3 is 0.941 bits per heavy atom. The third-order valence-electron chi connectivity index (χ3n) is 12.0. The molecule has 0 aliphatic carbocycles. The summed E-state index contributed by atoms with van der Waals surface area (Å²) in [6.45, 7) is 17.9. The van der Waals surface area contributed by atoms with E-state index in [1.165, 1.54) is 124 Å². The van der Waals surface area contributed by atoms with Crippen LogP contribution in [0.2, 0.25) is 0 Å². The van der Waals surface area contributed by atoms with Crippen LogP contribution in [0.3, 0.4) is 0 Å². The smallest absolute Gasteiger partial charge is 0.545 e. The second kappa shape index (κ2) is 48.1. The topological polar surface area (TPSA) is 447 Å². The number of ether oxygens (including phenoxy) is 5. The number of esters is 4. The first-order valence-electron chi connectivity index (χ1n) is 29.5. The normalized spacial score (nSPS) is 10.2. The van der Waals surface area contributed by atoms with Crippen molar-refractivity contribution in [3.8, 4) is 0 Å². The number of anilines is 2. The number of aldehydes is 1. The van der Waals surface area contributed by atoms with Gasteiger partial charge in [0.1, 0.15) is 12.0 Å². The molecule has 0 radical (unpaired) electrons. The first-order chi connectivity index (χ1) is 47.7. The van der Waals surface area contributed by atoms with E-state index in [4.69, 9.17) is 30.4 Å². The summed E-state index contributed by atoms with van der Waals surface area (Å²) in [5.41, 5.74) is 16.0. The van der Waals surface area contributed by atoms with Crippen LogP contribution in [0.15, 0.2) is 155 Å². The number of carbonyl (C=O) groups excluding carboxylic acids is 9. The van der Waals surface area contributed by atoms with Gasteiger partial charge in [0.2, 0.25) is 0 Å². The number of nitrogens with zero attached hydrogens (tertiary/aromatic N) is 4. The predicted octanol–water partition coefficient (Wildman–Crippen LogP) is 9.94. The molecular weight excluding hydrogens is 1460 g/mol. The molecule has 4 N–H and O–H groups in total. The van der Waals surface area contributed by atoms with Gasteiger partial charge in [0.15, 0.2) is 17.3 Å². The molecule has 0 aliphatic rings. The van der Waals surface area contributed by atoms with Gasteiger partial charge in [-0.25, -0.2) is 19.2 Å². The predicted molar refractivity (Wildman–Crippen MR) is 382 cm³/mol. The number of nitro groups is 4. The van der Waals surface area contributed by atoms with E-state index in [0.717, 1.165) is 11.6 Å². The number of hydrogen-bond donors (Lipinski definition) is 2. The van der Waals surface area contributed by atoms with Crippen LogP contribution < -0.4 is 35.4 Å². The van der Waals surface area contributed by atoms with E-state index < -0.39 is 49.5 Å². The average Bonchev–Trinajstić information content (AvgIpc) is 0.850. The molecule has 6 aromatic rings. The van der Waals surface area contributed by atoms with E-state index in [1.807, 2.05) is 0 Å². The summed E-state index contributed by atoms with van der Waals surface area (Å²) in [5.74, 6) is -3.52. The molecule has 0 saturated heterocycles. The second-order valence-electron chi connectivity index (χ2n) is 19.3. The Balaban J connectivity index is 0.00000121. The van der Waals surface area contributed by atoms with Crippen molar-refractivity contribution in [2.24, 2.45) is 0 Å². The van der Waals surface area contributed by atoms with Crippen molar-refractivity contribution < 1.29 is 110 Å². The van der Waals surface area contributed by atoms with Crippen LogP contribution in [0.5, 0.6) is 0 Å². The molecule has 532 valence electrons.